The lowest BCUT2D eigenvalue weighted by Gasteiger charge is -2.28. The number of carbonyl (C=O) groups excluding carboxylic acids is 2. The van der Waals surface area contributed by atoms with Crippen molar-refractivity contribution in [3.05, 3.63) is 72.7 Å². The van der Waals surface area contributed by atoms with Crippen molar-refractivity contribution < 1.29 is 18.7 Å². The van der Waals surface area contributed by atoms with Gasteiger partial charge in [0.15, 0.2) is 0 Å². The molecule has 2 heterocycles. The summed E-state index contributed by atoms with van der Waals surface area (Å²) in [4.78, 5) is 29.2. The normalized spacial score (nSPS) is 15.7. The highest BCUT2D eigenvalue weighted by atomic mass is 16.5. The summed E-state index contributed by atoms with van der Waals surface area (Å²) in [6.45, 7) is 5.70. The predicted octanol–water partition coefficient (Wildman–Crippen LogP) is 3.43. The van der Waals surface area contributed by atoms with Crippen LogP contribution in [0.25, 0.3) is 0 Å². The van der Waals surface area contributed by atoms with Crippen molar-refractivity contribution in [2.75, 3.05) is 26.2 Å². The molecule has 160 valence electrons. The van der Waals surface area contributed by atoms with Gasteiger partial charge < -0.3 is 19.0 Å². The smallest absolute Gasteiger partial charge is 0.242 e. The van der Waals surface area contributed by atoms with E-state index in [1.165, 1.54) is 0 Å². The van der Waals surface area contributed by atoms with E-state index < -0.39 is 0 Å². The Kier molecular flexibility index (Phi) is 8.27. The molecule has 0 aliphatic carbocycles. The van der Waals surface area contributed by atoms with Crippen LogP contribution in [0.3, 0.4) is 0 Å². The Bertz CT molecular complexity index is 798. The molecular weight excluding hydrogens is 380 g/mol. The molecule has 0 saturated carbocycles. The van der Waals surface area contributed by atoms with Crippen molar-refractivity contribution in [2.45, 2.75) is 38.3 Å². The summed E-state index contributed by atoms with van der Waals surface area (Å²) < 4.78 is 11.2. The first-order chi connectivity index (χ1) is 14.7. The number of aryl methyl sites for hydroxylation is 1. The van der Waals surface area contributed by atoms with Gasteiger partial charge in [0.05, 0.1) is 18.9 Å². The van der Waals surface area contributed by atoms with Crippen LogP contribution in [-0.4, -0.2) is 54.0 Å². The molecule has 2 amide bonds. The first kappa shape index (κ1) is 21.8. The highest BCUT2D eigenvalue weighted by Crippen LogP contribution is 2.16. The zero-order chi connectivity index (χ0) is 21.2. The minimum absolute atomic E-state index is 0.0209. The number of rotatable bonds is 11. The molecule has 1 saturated heterocycles. The van der Waals surface area contributed by atoms with Crippen LogP contribution in [-0.2, 0) is 27.3 Å². The standard InChI is InChI=1S/C24H30N2O4/c1-2-14-25(23(27)13-12-20-8-4-3-5-9-20)19-24(28)26(17-21-10-6-15-29-21)18-22-11-7-16-30-22/h2-6,8-10,15,22H,1,7,11-14,16-19H2/t22-/m1/s1. The lowest BCUT2D eigenvalue weighted by Crippen LogP contribution is -2.45. The zero-order valence-corrected chi connectivity index (χ0v) is 17.4. The van der Waals surface area contributed by atoms with Crippen LogP contribution in [0, 0.1) is 0 Å². The molecule has 1 aliphatic rings. The Morgan fingerprint density at radius 3 is 2.60 bits per heavy atom. The summed E-state index contributed by atoms with van der Waals surface area (Å²) in [5, 5.41) is 0. The molecule has 2 aromatic rings. The Balaban J connectivity index is 1.61. The van der Waals surface area contributed by atoms with Crippen LogP contribution in [0.2, 0.25) is 0 Å². The van der Waals surface area contributed by atoms with E-state index in [0.29, 0.717) is 38.2 Å². The topological polar surface area (TPSA) is 63.0 Å². The number of hydrogen-bond acceptors (Lipinski definition) is 4. The molecule has 6 heteroatoms. The molecule has 1 aliphatic heterocycles. The molecule has 3 rings (SSSR count). The molecule has 0 N–H and O–H groups in total. The largest absolute Gasteiger partial charge is 0.467 e. The van der Waals surface area contributed by atoms with E-state index in [1.54, 1.807) is 28.2 Å². The van der Waals surface area contributed by atoms with Gasteiger partial charge in [-0.3, -0.25) is 9.59 Å². The Labute approximate surface area is 178 Å². The Morgan fingerprint density at radius 2 is 1.93 bits per heavy atom. The second kappa shape index (κ2) is 11.4. The van der Waals surface area contributed by atoms with E-state index in [-0.39, 0.29) is 24.5 Å². The van der Waals surface area contributed by atoms with Crippen molar-refractivity contribution in [1.82, 2.24) is 9.80 Å². The molecule has 0 unspecified atom stereocenters. The molecule has 1 aromatic heterocycles. The van der Waals surface area contributed by atoms with Gasteiger partial charge in [-0.25, -0.2) is 0 Å². The third kappa shape index (κ3) is 6.59. The number of benzene rings is 1. The van der Waals surface area contributed by atoms with Crippen LogP contribution in [0.1, 0.15) is 30.6 Å². The highest BCUT2D eigenvalue weighted by molar-refractivity contribution is 5.85. The monoisotopic (exact) mass is 410 g/mol. The zero-order valence-electron chi connectivity index (χ0n) is 17.4. The van der Waals surface area contributed by atoms with Crippen molar-refractivity contribution in [3.8, 4) is 0 Å². The van der Waals surface area contributed by atoms with Gasteiger partial charge in [-0.15, -0.1) is 6.58 Å². The van der Waals surface area contributed by atoms with Crippen LogP contribution in [0.5, 0.6) is 0 Å². The summed E-state index contributed by atoms with van der Waals surface area (Å²) in [7, 11) is 0. The summed E-state index contributed by atoms with van der Waals surface area (Å²) in [5.74, 6) is 0.547. The lowest BCUT2D eigenvalue weighted by atomic mass is 10.1. The summed E-state index contributed by atoms with van der Waals surface area (Å²) in [5.41, 5.74) is 1.11. The van der Waals surface area contributed by atoms with E-state index in [0.717, 1.165) is 25.0 Å². The van der Waals surface area contributed by atoms with Crippen molar-refractivity contribution in [1.29, 1.82) is 0 Å². The van der Waals surface area contributed by atoms with Crippen LogP contribution in [0.4, 0.5) is 0 Å². The van der Waals surface area contributed by atoms with Crippen molar-refractivity contribution >= 4 is 11.8 Å². The van der Waals surface area contributed by atoms with E-state index >= 15 is 0 Å². The van der Waals surface area contributed by atoms with Crippen molar-refractivity contribution in [2.24, 2.45) is 0 Å². The fraction of sp³-hybridized carbons (Fsp3) is 0.417. The average Bonchev–Trinajstić information content (AvgIpc) is 3.46. The molecule has 1 aromatic carbocycles. The molecule has 1 fully saturated rings. The summed E-state index contributed by atoms with van der Waals surface area (Å²) in [6.07, 6.45) is 6.24. The molecular formula is C24H30N2O4. The van der Waals surface area contributed by atoms with E-state index in [2.05, 4.69) is 6.58 Å². The minimum atomic E-state index is -0.114. The Morgan fingerprint density at radius 1 is 1.10 bits per heavy atom. The maximum Gasteiger partial charge on any atom is 0.242 e. The van der Waals surface area contributed by atoms with Crippen LogP contribution in [0.15, 0.2) is 65.8 Å². The van der Waals surface area contributed by atoms with E-state index in [4.69, 9.17) is 9.15 Å². The fourth-order valence-corrected chi connectivity index (χ4v) is 3.61. The van der Waals surface area contributed by atoms with Gasteiger partial charge in [0.1, 0.15) is 12.3 Å². The molecule has 0 bridgehead atoms. The van der Waals surface area contributed by atoms with Crippen LogP contribution >= 0.6 is 0 Å². The molecule has 0 radical (unpaired) electrons. The lowest BCUT2D eigenvalue weighted by molar-refractivity contribution is -0.141. The van der Waals surface area contributed by atoms with Gasteiger partial charge in [-0.2, -0.15) is 0 Å². The maximum absolute atomic E-state index is 13.1. The number of ether oxygens (including phenoxy) is 1. The number of furan rings is 1. The van der Waals surface area contributed by atoms with Crippen LogP contribution < -0.4 is 0 Å². The average molecular weight is 411 g/mol. The molecule has 6 nitrogen and oxygen atoms in total. The van der Waals surface area contributed by atoms with E-state index in [9.17, 15) is 9.59 Å². The maximum atomic E-state index is 13.1. The van der Waals surface area contributed by atoms with Gasteiger partial charge >= 0.3 is 0 Å². The van der Waals surface area contributed by atoms with E-state index in [1.807, 2.05) is 36.4 Å². The molecule has 0 spiro atoms. The quantitative estimate of drug-likeness (QED) is 0.533. The third-order valence-electron chi connectivity index (χ3n) is 5.23. The SMILES string of the molecule is C=CCN(CC(=O)N(Cc1ccco1)C[C@H]1CCCO1)C(=O)CCc1ccccc1. The highest BCUT2D eigenvalue weighted by Gasteiger charge is 2.26. The number of amides is 2. The van der Waals surface area contributed by atoms with Gasteiger partial charge in [-0.1, -0.05) is 36.4 Å². The minimum Gasteiger partial charge on any atom is -0.467 e. The van der Waals surface area contributed by atoms with Gasteiger partial charge in [0.2, 0.25) is 11.8 Å². The van der Waals surface area contributed by atoms with Gasteiger partial charge in [0.25, 0.3) is 0 Å². The fourth-order valence-electron chi connectivity index (χ4n) is 3.61. The van der Waals surface area contributed by atoms with Gasteiger partial charge in [-0.05, 0) is 37.0 Å². The first-order valence-electron chi connectivity index (χ1n) is 10.5. The number of nitrogens with zero attached hydrogens (tertiary/aromatic N) is 2. The number of hydrogen-bond donors (Lipinski definition) is 0. The second-order valence-corrected chi connectivity index (χ2v) is 7.54. The first-order valence-corrected chi connectivity index (χ1v) is 10.5. The summed E-state index contributed by atoms with van der Waals surface area (Å²) >= 11 is 0. The number of carbonyl (C=O) groups is 2. The second-order valence-electron chi connectivity index (χ2n) is 7.54. The third-order valence-corrected chi connectivity index (χ3v) is 5.23. The summed E-state index contributed by atoms with van der Waals surface area (Å²) in [6, 6.07) is 13.5. The van der Waals surface area contributed by atoms with Gasteiger partial charge in [0, 0.05) is 26.1 Å². The predicted molar refractivity (Wildman–Crippen MR) is 115 cm³/mol. The molecule has 1 atom stereocenters. The van der Waals surface area contributed by atoms with Crippen molar-refractivity contribution in [3.63, 3.8) is 0 Å². The molecule has 30 heavy (non-hydrogen) atoms. The Hall–Kier alpha value is -2.86.